The zero-order valence-corrected chi connectivity index (χ0v) is 19.0. The van der Waals surface area contributed by atoms with Gasteiger partial charge in [-0.1, -0.05) is 0 Å². The van der Waals surface area contributed by atoms with Crippen LogP contribution in [-0.4, -0.2) is 60.9 Å². The minimum absolute atomic E-state index is 0.0429. The van der Waals surface area contributed by atoms with E-state index in [-0.39, 0.29) is 36.0 Å². The second-order valence-corrected chi connectivity index (χ2v) is 8.55. The summed E-state index contributed by atoms with van der Waals surface area (Å²) in [5.41, 5.74) is 6.30. The van der Waals surface area contributed by atoms with Crippen molar-refractivity contribution in [2.75, 3.05) is 12.3 Å². The highest BCUT2D eigenvalue weighted by molar-refractivity contribution is 7.12. The molecule has 1 fully saturated rings. The van der Waals surface area contributed by atoms with Gasteiger partial charge in [-0.15, -0.1) is 11.3 Å². The Kier molecular flexibility index (Phi) is 6.34. The summed E-state index contributed by atoms with van der Waals surface area (Å²) in [4.78, 5) is 56.0. The molecule has 3 atom stereocenters. The standard InChI is InChI=1S/C20H21N5O8S/c1-9(26)31-7-12-4-14(32-10(2)27)17(33-12)25-16-13(5-22-19(21)23-16)24(20(25)30)6-11-3-15(18(28)29)34-8-11/h3,5,8,12,14,17H,4,6-7H2,1-2H3,(H,28,29)(H2,21,22,23)/t12-,14+,17+/m0/s1. The minimum atomic E-state index is -1.07. The van der Waals surface area contributed by atoms with Crippen molar-refractivity contribution in [2.24, 2.45) is 0 Å². The average molecular weight is 491 g/mol. The zero-order valence-electron chi connectivity index (χ0n) is 18.2. The molecule has 0 aliphatic carbocycles. The van der Waals surface area contributed by atoms with E-state index in [0.29, 0.717) is 11.1 Å². The summed E-state index contributed by atoms with van der Waals surface area (Å²) in [6, 6.07) is 1.48. The number of hydrogen-bond donors (Lipinski definition) is 2. The van der Waals surface area contributed by atoms with E-state index in [1.165, 1.54) is 35.2 Å². The predicted molar refractivity (Wildman–Crippen MR) is 117 cm³/mol. The normalized spacial score (nSPS) is 19.9. The van der Waals surface area contributed by atoms with Crippen LogP contribution in [0.3, 0.4) is 0 Å². The van der Waals surface area contributed by atoms with E-state index >= 15 is 0 Å². The Balaban J connectivity index is 1.77. The van der Waals surface area contributed by atoms with E-state index in [1.54, 1.807) is 5.38 Å². The topological polar surface area (TPSA) is 178 Å². The van der Waals surface area contributed by atoms with Gasteiger partial charge in [-0.25, -0.2) is 19.1 Å². The van der Waals surface area contributed by atoms with Crippen LogP contribution in [0.25, 0.3) is 11.2 Å². The molecular weight excluding hydrogens is 470 g/mol. The number of carbonyl (C=O) groups is 3. The molecule has 0 unspecified atom stereocenters. The lowest BCUT2D eigenvalue weighted by molar-refractivity contribution is -0.153. The van der Waals surface area contributed by atoms with Crippen molar-refractivity contribution in [1.82, 2.24) is 19.1 Å². The fourth-order valence-electron chi connectivity index (χ4n) is 3.79. The second kappa shape index (κ2) is 9.23. The van der Waals surface area contributed by atoms with E-state index in [0.717, 1.165) is 11.3 Å². The summed E-state index contributed by atoms with van der Waals surface area (Å²) < 4.78 is 18.9. The maximum absolute atomic E-state index is 13.5. The lowest BCUT2D eigenvalue weighted by atomic mass is 10.2. The number of nitrogens with two attached hydrogens (primary N) is 1. The van der Waals surface area contributed by atoms with Crippen molar-refractivity contribution < 1.29 is 33.7 Å². The van der Waals surface area contributed by atoms with Gasteiger partial charge in [0.05, 0.1) is 18.8 Å². The molecule has 0 spiro atoms. The summed E-state index contributed by atoms with van der Waals surface area (Å²) in [7, 11) is 0. The van der Waals surface area contributed by atoms with Crippen LogP contribution in [0.1, 0.15) is 41.7 Å². The number of esters is 2. The molecule has 3 aromatic rings. The molecular formula is C20H21N5O8S. The first kappa shape index (κ1) is 23.4. The number of thiophene rings is 1. The van der Waals surface area contributed by atoms with Crippen molar-refractivity contribution in [1.29, 1.82) is 0 Å². The molecule has 3 aromatic heterocycles. The van der Waals surface area contributed by atoms with Crippen LogP contribution < -0.4 is 11.4 Å². The highest BCUT2D eigenvalue weighted by atomic mass is 32.1. The number of anilines is 1. The molecule has 0 amide bonds. The quantitative estimate of drug-likeness (QED) is 0.446. The molecule has 0 saturated carbocycles. The van der Waals surface area contributed by atoms with Gasteiger partial charge in [0.15, 0.2) is 11.9 Å². The number of carboxylic acids is 1. The molecule has 4 rings (SSSR count). The van der Waals surface area contributed by atoms with Gasteiger partial charge in [-0.05, 0) is 17.0 Å². The van der Waals surface area contributed by atoms with E-state index < -0.39 is 42.0 Å². The number of carboxylic acid groups (broad SMARTS) is 1. The maximum Gasteiger partial charge on any atom is 0.345 e. The lowest BCUT2D eigenvalue weighted by Gasteiger charge is -2.19. The van der Waals surface area contributed by atoms with E-state index in [4.69, 9.17) is 19.9 Å². The van der Waals surface area contributed by atoms with Crippen LogP contribution >= 0.6 is 11.3 Å². The Morgan fingerprint density at radius 1 is 1.32 bits per heavy atom. The number of fused-ring (bicyclic) bond motifs is 1. The molecule has 34 heavy (non-hydrogen) atoms. The van der Waals surface area contributed by atoms with Gasteiger partial charge in [0.1, 0.15) is 23.1 Å². The Morgan fingerprint density at radius 2 is 2.09 bits per heavy atom. The number of nitrogens with zero attached hydrogens (tertiary/aromatic N) is 4. The first-order valence-electron chi connectivity index (χ1n) is 10.1. The van der Waals surface area contributed by atoms with Crippen LogP contribution in [0.5, 0.6) is 0 Å². The first-order valence-corrected chi connectivity index (χ1v) is 11.0. The van der Waals surface area contributed by atoms with Crippen LogP contribution in [0.4, 0.5) is 5.95 Å². The van der Waals surface area contributed by atoms with E-state index in [2.05, 4.69) is 9.97 Å². The van der Waals surface area contributed by atoms with Crippen LogP contribution in [0, 0.1) is 0 Å². The third-order valence-corrected chi connectivity index (χ3v) is 6.09. The number of aromatic carboxylic acids is 1. The Bertz CT molecular complexity index is 1330. The predicted octanol–water partition coefficient (Wildman–Crippen LogP) is 0.765. The summed E-state index contributed by atoms with van der Waals surface area (Å²) in [5, 5.41) is 10.8. The lowest BCUT2D eigenvalue weighted by Crippen LogP contribution is -2.34. The van der Waals surface area contributed by atoms with Crippen molar-refractivity contribution in [3.05, 3.63) is 38.6 Å². The average Bonchev–Trinajstić information content (AvgIpc) is 3.44. The van der Waals surface area contributed by atoms with Gasteiger partial charge >= 0.3 is 23.6 Å². The fourth-order valence-corrected chi connectivity index (χ4v) is 4.53. The van der Waals surface area contributed by atoms with Crippen molar-refractivity contribution in [2.45, 2.75) is 45.2 Å². The van der Waals surface area contributed by atoms with Crippen molar-refractivity contribution in [3.8, 4) is 0 Å². The number of hydrogen-bond acceptors (Lipinski definition) is 11. The number of nitrogen functional groups attached to an aromatic ring is 1. The highest BCUT2D eigenvalue weighted by Crippen LogP contribution is 2.33. The maximum atomic E-state index is 13.5. The minimum Gasteiger partial charge on any atom is -0.477 e. The third kappa shape index (κ3) is 4.63. The summed E-state index contributed by atoms with van der Waals surface area (Å²) in [6.07, 6.45) is -0.980. The number of carbonyl (C=O) groups excluding carboxylic acids is 2. The fraction of sp³-hybridized carbons (Fsp3) is 0.400. The Hall–Kier alpha value is -3.78. The Labute approximate surface area is 195 Å². The number of aromatic nitrogens is 4. The summed E-state index contributed by atoms with van der Waals surface area (Å²) in [6.45, 7) is 2.45. The molecule has 0 aromatic carbocycles. The molecule has 0 radical (unpaired) electrons. The van der Waals surface area contributed by atoms with Gasteiger partial charge in [0.25, 0.3) is 0 Å². The molecule has 1 saturated heterocycles. The van der Waals surface area contributed by atoms with E-state index in [1.807, 2.05) is 0 Å². The van der Waals surface area contributed by atoms with Crippen LogP contribution in [0.15, 0.2) is 22.4 Å². The molecule has 3 N–H and O–H groups in total. The largest absolute Gasteiger partial charge is 0.477 e. The molecule has 0 bridgehead atoms. The van der Waals surface area contributed by atoms with Gasteiger partial charge in [0.2, 0.25) is 5.95 Å². The summed E-state index contributed by atoms with van der Waals surface area (Å²) in [5.74, 6) is -2.22. The van der Waals surface area contributed by atoms with Crippen molar-refractivity contribution in [3.63, 3.8) is 0 Å². The highest BCUT2D eigenvalue weighted by Gasteiger charge is 2.41. The monoisotopic (exact) mass is 491 g/mol. The molecule has 1 aliphatic rings. The van der Waals surface area contributed by atoms with Crippen LogP contribution in [-0.2, 0) is 30.3 Å². The molecule has 13 nitrogen and oxygen atoms in total. The number of imidazole rings is 1. The number of ether oxygens (including phenoxy) is 3. The Morgan fingerprint density at radius 3 is 2.74 bits per heavy atom. The number of rotatable bonds is 7. The van der Waals surface area contributed by atoms with Gasteiger partial charge in [-0.3, -0.25) is 14.2 Å². The van der Waals surface area contributed by atoms with E-state index in [9.17, 15) is 24.3 Å². The second-order valence-electron chi connectivity index (χ2n) is 7.63. The first-order chi connectivity index (χ1) is 16.1. The van der Waals surface area contributed by atoms with Gasteiger partial charge in [-0.2, -0.15) is 4.98 Å². The zero-order chi connectivity index (χ0) is 24.6. The molecule has 14 heteroatoms. The van der Waals surface area contributed by atoms with Gasteiger partial charge in [0, 0.05) is 20.3 Å². The molecule has 180 valence electrons. The smallest absolute Gasteiger partial charge is 0.345 e. The summed E-state index contributed by atoms with van der Waals surface area (Å²) >= 11 is 1.04. The molecule has 4 heterocycles. The van der Waals surface area contributed by atoms with Gasteiger partial charge < -0.3 is 25.1 Å². The van der Waals surface area contributed by atoms with Crippen LogP contribution in [0.2, 0.25) is 0 Å². The SMILES string of the molecule is CC(=O)OC[C@@H]1C[C@@H](OC(C)=O)[C@H](n2c(=O)n(Cc3csc(C(=O)O)c3)c3cnc(N)nc32)O1. The molecule has 1 aliphatic heterocycles. The third-order valence-electron chi connectivity index (χ3n) is 5.12. The van der Waals surface area contributed by atoms with Crippen molar-refractivity contribution >= 4 is 46.4 Å².